The summed E-state index contributed by atoms with van der Waals surface area (Å²) in [5.74, 6) is -0.600. The van der Waals surface area contributed by atoms with Crippen molar-refractivity contribution in [3.8, 4) is 5.75 Å². The molecular weight excluding hydrogens is 540 g/mol. The monoisotopic (exact) mass is 592 g/mol. The smallest absolute Gasteiger partial charge is 0.326 e. The number of methoxy groups -OCH3 is 1. The molecule has 1 amide bonds. The van der Waals surface area contributed by atoms with Crippen LogP contribution in [-0.4, -0.2) is 53.8 Å². The van der Waals surface area contributed by atoms with Crippen molar-refractivity contribution in [2.45, 2.75) is 117 Å². The molecule has 4 rings (SSSR count). The highest BCUT2D eigenvalue weighted by Gasteiger charge is 2.59. The molecule has 236 valence electrons. The molecule has 2 saturated heterocycles. The van der Waals surface area contributed by atoms with Crippen LogP contribution < -0.4 is 10.1 Å². The van der Waals surface area contributed by atoms with E-state index < -0.39 is 29.6 Å². The lowest BCUT2D eigenvalue weighted by Gasteiger charge is -2.36. The molecule has 2 fully saturated rings. The van der Waals surface area contributed by atoms with E-state index in [2.05, 4.69) is 85.0 Å². The van der Waals surface area contributed by atoms with Crippen molar-refractivity contribution in [1.82, 2.24) is 10.2 Å². The van der Waals surface area contributed by atoms with E-state index in [0.29, 0.717) is 19.6 Å². The molecule has 2 aliphatic rings. The highest BCUT2D eigenvalue weighted by molar-refractivity contribution is 5.88. The maximum absolute atomic E-state index is 14.4. The minimum atomic E-state index is -1.01. The van der Waals surface area contributed by atoms with Crippen molar-refractivity contribution in [3.05, 3.63) is 64.7 Å². The van der Waals surface area contributed by atoms with Gasteiger partial charge in [0, 0.05) is 30.7 Å². The number of benzene rings is 2. The number of ether oxygens (including phenoxy) is 2. The maximum atomic E-state index is 14.4. The van der Waals surface area contributed by atoms with Crippen LogP contribution in [0.5, 0.6) is 5.75 Å². The normalized spacial score (nSPS) is 24.8. The molecular formula is C36H52N2O5. The number of aliphatic carboxylic acids is 1. The van der Waals surface area contributed by atoms with Gasteiger partial charge in [-0.15, -0.1) is 0 Å². The first kappa shape index (κ1) is 33.0. The fourth-order valence-corrected chi connectivity index (χ4v) is 7.07. The molecule has 43 heavy (non-hydrogen) atoms. The van der Waals surface area contributed by atoms with Crippen molar-refractivity contribution >= 4 is 11.9 Å². The van der Waals surface area contributed by atoms with Crippen LogP contribution in [0.2, 0.25) is 0 Å². The highest BCUT2D eigenvalue weighted by Crippen LogP contribution is 2.50. The first-order valence-electron chi connectivity index (χ1n) is 15.8. The summed E-state index contributed by atoms with van der Waals surface area (Å²) in [6.07, 6.45) is 1.78. The summed E-state index contributed by atoms with van der Waals surface area (Å²) in [6.45, 7) is 18.1. The number of nitrogens with zero attached hydrogens (tertiary/aromatic N) is 1. The molecule has 0 aromatic heterocycles. The molecule has 2 aromatic rings. The summed E-state index contributed by atoms with van der Waals surface area (Å²) in [4.78, 5) is 29.3. The second-order valence-electron chi connectivity index (χ2n) is 14.7. The number of amides is 1. The standard InChI is InChI=1S/C36H52N2O5/c1-22(2)25-14-10-11-15-26(25)31-30(37-21-23-20-24(35(3,4)5)17-18-27(23)42-9)29(36(6,7)8)32(34(40)41)38(31)33(39)28-16-12-13-19-43-28/h10-11,14-15,17-18,20,22,28-32,37H,12-13,16,19,21H2,1-9H3,(H,40,41)/t28-,29-,30-,31-,32-/m0/s1. The molecule has 7 heteroatoms. The van der Waals surface area contributed by atoms with Gasteiger partial charge < -0.3 is 24.8 Å². The summed E-state index contributed by atoms with van der Waals surface area (Å²) in [7, 11) is 1.68. The predicted octanol–water partition coefficient (Wildman–Crippen LogP) is 6.84. The van der Waals surface area contributed by atoms with Gasteiger partial charge in [0.2, 0.25) is 0 Å². The Morgan fingerprint density at radius 1 is 1.07 bits per heavy atom. The van der Waals surface area contributed by atoms with Crippen LogP contribution in [0.25, 0.3) is 0 Å². The van der Waals surface area contributed by atoms with Crippen molar-refractivity contribution in [2.24, 2.45) is 11.3 Å². The quantitative estimate of drug-likeness (QED) is 0.349. The number of hydrogen-bond acceptors (Lipinski definition) is 5. The fraction of sp³-hybridized carbons (Fsp3) is 0.611. The van der Waals surface area contributed by atoms with Crippen molar-refractivity contribution in [3.63, 3.8) is 0 Å². The summed E-state index contributed by atoms with van der Waals surface area (Å²) in [5, 5.41) is 14.7. The van der Waals surface area contributed by atoms with Gasteiger partial charge in [0.1, 0.15) is 17.9 Å². The third-order valence-electron chi connectivity index (χ3n) is 9.24. The van der Waals surface area contributed by atoms with E-state index in [0.717, 1.165) is 35.3 Å². The third kappa shape index (κ3) is 6.93. The molecule has 0 unspecified atom stereocenters. The van der Waals surface area contributed by atoms with E-state index in [1.54, 1.807) is 12.0 Å². The molecule has 2 heterocycles. The number of carbonyl (C=O) groups is 2. The van der Waals surface area contributed by atoms with Crippen molar-refractivity contribution in [1.29, 1.82) is 0 Å². The average Bonchev–Trinajstić information content (AvgIpc) is 3.31. The number of hydrogen-bond donors (Lipinski definition) is 2. The second-order valence-corrected chi connectivity index (χ2v) is 14.7. The summed E-state index contributed by atoms with van der Waals surface area (Å²) < 4.78 is 11.7. The molecule has 0 saturated carbocycles. The molecule has 2 aliphatic heterocycles. The van der Waals surface area contributed by atoms with E-state index >= 15 is 0 Å². The van der Waals surface area contributed by atoms with Gasteiger partial charge in [0.15, 0.2) is 0 Å². The van der Waals surface area contributed by atoms with E-state index in [9.17, 15) is 14.7 Å². The molecule has 0 bridgehead atoms. The van der Waals surface area contributed by atoms with Gasteiger partial charge in [0.25, 0.3) is 5.91 Å². The van der Waals surface area contributed by atoms with Crippen molar-refractivity contribution < 1.29 is 24.2 Å². The second kappa shape index (κ2) is 13.0. The summed E-state index contributed by atoms with van der Waals surface area (Å²) in [5.41, 5.74) is 3.84. The molecule has 2 aromatic carbocycles. The van der Waals surface area contributed by atoms with Gasteiger partial charge in [-0.2, -0.15) is 0 Å². The number of carbonyl (C=O) groups excluding carboxylic acids is 1. The zero-order valence-corrected chi connectivity index (χ0v) is 27.6. The third-order valence-corrected chi connectivity index (χ3v) is 9.24. The van der Waals surface area contributed by atoms with E-state index in [-0.39, 0.29) is 29.2 Å². The Balaban J connectivity index is 1.89. The lowest BCUT2D eigenvalue weighted by atomic mass is 9.72. The molecule has 0 aliphatic carbocycles. The van der Waals surface area contributed by atoms with Gasteiger partial charge in [0.05, 0.1) is 13.2 Å². The number of carboxylic acid groups (broad SMARTS) is 1. The number of carboxylic acids is 1. The first-order valence-corrected chi connectivity index (χ1v) is 15.8. The Morgan fingerprint density at radius 2 is 1.77 bits per heavy atom. The van der Waals surface area contributed by atoms with Crippen molar-refractivity contribution in [2.75, 3.05) is 13.7 Å². The van der Waals surface area contributed by atoms with Gasteiger partial charge in [-0.1, -0.05) is 91.8 Å². The molecule has 0 radical (unpaired) electrons. The van der Waals surface area contributed by atoms with Crippen LogP contribution >= 0.6 is 0 Å². The lowest BCUT2D eigenvalue weighted by Crippen LogP contribution is -2.51. The zero-order chi connectivity index (χ0) is 31.7. The largest absolute Gasteiger partial charge is 0.496 e. The van der Waals surface area contributed by atoms with Crippen LogP contribution in [0, 0.1) is 11.3 Å². The van der Waals surface area contributed by atoms with E-state index in [1.807, 2.05) is 18.2 Å². The SMILES string of the molecule is COc1ccc(C(C)(C)C)cc1CN[C@H]1[C@H](C(C)(C)C)[C@@H](C(=O)O)N(C(=O)[C@@H]2CCCCO2)[C@H]1c1ccccc1C(C)C. The zero-order valence-electron chi connectivity index (χ0n) is 27.6. The van der Waals surface area contributed by atoms with Gasteiger partial charge in [-0.25, -0.2) is 4.79 Å². The van der Waals surface area contributed by atoms with Crippen LogP contribution in [0.1, 0.15) is 109 Å². The first-order chi connectivity index (χ1) is 20.2. The summed E-state index contributed by atoms with van der Waals surface area (Å²) >= 11 is 0. The topological polar surface area (TPSA) is 88.1 Å². The van der Waals surface area contributed by atoms with Crippen LogP contribution in [0.3, 0.4) is 0 Å². The Kier molecular flexibility index (Phi) is 9.97. The number of rotatable bonds is 8. The minimum absolute atomic E-state index is 0.0430. The number of likely N-dealkylation sites (tertiary alicyclic amines) is 1. The van der Waals surface area contributed by atoms with Crippen LogP contribution in [-0.2, 0) is 26.3 Å². The lowest BCUT2D eigenvalue weighted by molar-refractivity contribution is -0.159. The molecule has 7 nitrogen and oxygen atoms in total. The van der Waals surface area contributed by atoms with Gasteiger partial charge in [-0.3, -0.25) is 4.79 Å². The van der Waals surface area contributed by atoms with E-state index in [4.69, 9.17) is 9.47 Å². The predicted molar refractivity (Wildman–Crippen MR) is 170 cm³/mol. The maximum Gasteiger partial charge on any atom is 0.326 e. The van der Waals surface area contributed by atoms with Gasteiger partial charge in [-0.05, 0) is 58.8 Å². The highest BCUT2D eigenvalue weighted by atomic mass is 16.5. The Hall–Kier alpha value is -2.90. The average molecular weight is 593 g/mol. The Morgan fingerprint density at radius 3 is 2.33 bits per heavy atom. The fourth-order valence-electron chi connectivity index (χ4n) is 7.07. The summed E-state index contributed by atoms with van der Waals surface area (Å²) in [6, 6.07) is 12.6. The van der Waals surface area contributed by atoms with Crippen LogP contribution in [0.15, 0.2) is 42.5 Å². The molecule has 2 N–H and O–H groups in total. The van der Waals surface area contributed by atoms with Crippen LogP contribution in [0.4, 0.5) is 0 Å². The Bertz CT molecular complexity index is 1290. The van der Waals surface area contributed by atoms with Gasteiger partial charge >= 0.3 is 5.97 Å². The Labute approximate surface area is 258 Å². The van der Waals surface area contributed by atoms with E-state index in [1.165, 1.54) is 5.56 Å². The molecule has 5 atom stereocenters. The number of nitrogens with one attached hydrogen (secondary N) is 1. The molecule has 0 spiro atoms. The minimum Gasteiger partial charge on any atom is -0.496 e.